The first kappa shape index (κ1) is 20.0. The molecule has 1 aromatic rings. The average molecular weight is 372 g/mol. The minimum Gasteiger partial charge on any atom is -0.339 e. The molecule has 2 aliphatic rings. The van der Waals surface area contributed by atoms with Gasteiger partial charge in [-0.1, -0.05) is 37.3 Å². The van der Waals surface area contributed by atoms with E-state index in [-0.39, 0.29) is 17.7 Å². The minimum atomic E-state index is -0.396. The summed E-state index contributed by atoms with van der Waals surface area (Å²) in [6.45, 7) is 12.1. The maximum absolute atomic E-state index is 13.0. The van der Waals surface area contributed by atoms with E-state index in [2.05, 4.69) is 28.9 Å². The van der Waals surface area contributed by atoms with Gasteiger partial charge in [-0.05, 0) is 38.8 Å². The van der Waals surface area contributed by atoms with Gasteiger partial charge in [0.25, 0.3) is 0 Å². The summed E-state index contributed by atoms with van der Waals surface area (Å²) in [4.78, 5) is 32.2. The molecule has 2 saturated heterocycles. The van der Waals surface area contributed by atoms with Crippen molar-refractivity contribution >= 4 is 11.7 Å². The van der Waals surface area contributed by atoms with Crippen LogP contribution in [0.1, 0.15) is 39.2 Å². The van der Waals surface area contributed by atoms with Crippen LogP contribution in [0.5, 0.6) is 0 Å². The smallest absolute Gasteiger partial charge is 0.239 e. The van der Waals surface area contributed by atoms with Crippen molar-refractivity contribution in [3.05, 3.63) is 35.9 Å². The Kier molecular flexibility index (Phi) is 6.33. The standard InChI is InChI=1S/C22H33N3O2/c1-4-23-14-16-25(17-15-23)21(27)18(2)24-12-10-22(11-13-24,19(3)26)20-8-6-5-7-9-20/h5-9,18H,4,10-17H2,1-3H3/t18-/m1/s1. The topological polar surface area (TPSA) is 43.9 Å². The van der Waals surface area contributed by atoms with Crippen molar-refractivity contribution in [2.45, 2.75) is 45.1 Å². The van der Waals surface area contributed by atoms with Crippen molar-refractivity contribution in [1.29, 1.82) is 0 Å². The van der Waals surface area contributed by atoms with Gasteiger partial charge in [-0.2, -0.15) is 0 Å². The highest BCUT2D eigenvalue weighted by Gasteiger charge is 2.42. The molecule has 0 aliphatic carbocycles. The number of Topliss-reactive ketones (excluding diaryl/α,β-unsaturated/α-hetero) is 1. The Bertz CT molecular complexity index is 645. The Morgan fingerprint density at radius 2 is 1.59 bits per heavy atom. The van der Waals surface area contributed by atoms with E-state index < -0.39 is 5.41 Å². The summed E-state index contributed by atoms with van der Waals surface area (Å²) in [7, 11) is 0. The SMILES string of the molecule is CCN1CCN(C(=O)[C@@H](C)N2CCC(C(C)=O)(c3ccccc3)CC2)CC1. The van der Waals surface area contributed by atoms with Crippen LogP contribution in [0, 0.1) is 0 Å². The van der Waals surface area contributed by atoms with Gasteiger partial charge in [0, 0.05) is 39.3 Å². The van der Waals surface area contributed by atoms with Crippen LogP contribution in [-0.4, -0.2) is 78.2 Å². The van der Waals surface area contributed by atoms with Crippen LogP contribution in [0.25, 0.3) is 0 Å². The monoisotopic (exact) mass is 371 g/mol. The number of hydrogen-bond donors (Lipinski definition) is 0. The molecule has 1 atom stereocenters. The lowest BCUT2D eigenvalue weighted by Gasteiger charge is -2.44. The Balaban J connectivity index is 1.62. The molecule has 2 fully saturated rings. The van der Waals surface area contributed by atoms with Crippen molar-refractivity contribution in [3.63, 3.8) is 0 Å². The summed E-state index contributed by atoms with van der Waals surface area (Å²) in [5.74, 6) is 0.476. The molecule has 0 radical (unpaired) electrons. The molecule has 0 unspecified atom stereocenters. The Morgan fingerprint density at radius 3 is 2.11 bits per heavy atom. The third-order valence-corrected chi connectivity index (χ3v) is 6.69. The minimum absolute atomic E-state index is 0.112. The fourth-order valence-electron chi connectivity index (χ4n) is 4.60. The van der Waals surface area contributed by atoms with Crippen LogP contribution in [-0.2, 0) is 15.0 Å². The Hall–Kier alpha value is -1.72. The van der Waals surface area contributed by atoms with Crippen molar-refractivity contribution < 1.29 is 9.59 Å². The maximum Gasteiger partial charge on any atom is 0.239 e. The first-order chi connectivity index (χ1) is 13.0. The second kappa shape index (κ2) is 8.53. The molecule has 3 rings (SSSR count). The number of hydrogen-bond acceptors (Lipinski definition) is 4. The Morgan fingerprint density at radius 1 is 1.00 bits per heavy atom. The van der Waals surface area contributed by atoms with E-state index in [1.165, 1.54) is 0 Å². The average Bonchev–Trinajstić information content (AvgIpc) is 2.73. The van der Waals surface area contributed by atoms with E-state index in [1.54, 1.807) is 6.92 Å². The van der Waals surface area contributed by atoms with Crippen molar-refractivity contribution in [1.82, 2.24) is 14.7 Å². The van der Waals surface area contributed by atoms with E-state index in [0.717, 1.165) is 64.2 Å². The van der Waals surface area contributed by atoms with Crippen LogP contribution >= 0.6 is 0 Å². The molecule has 0 aromatic heterocycles. The van der Waals surface area contributed by atoms with Gasteiger partial charge in [0.2, 0.25) is 5.91 Å². The molecule has 27 heavy (non-hydrogen) atoms. The lowest BCUT2D eigenvalue weighted by atomic mass is 9.70. The lowest BCUT2D eigenvalue weighted by molar-refractivity contribution is -0.139. The van der Waals surface area contributed by atoms with Gasteiger partial charge in [0.15, 0.2) is 0 Å². The number of carbonyl (C=O) groups excluding carboxylic acids is 2. The number of nitrogens with zero attached hydrogens (tertiary/aromatic N) is 3. The molecule has 5 heteroatoms. The summed E-state index contributed by atoms with van der Waals surface area (Å²) >= 11 is 0. The highest BCUT2D eigenvalue weighted by Crippen LogP contribution is 2.37. The van der Waals surface area contributed by atoms with Crippen molar-refractivity contribution in [2.24, 2.45) is 0 Å². The number of rotatable bonds is 5. The quantitative estimate of drug-likeness (QED) is 0.796. The summed E-state index contributed by atoms with van der Waals surface area (Å²) in [5.41, 5.74) is 0.722. The molecule has 2 aliphatic heterocycles. The fourth-order valence-corrected chi connectivity index (χ4v) is 4.60. The normalized spacial score (nSPS) is 22.4. The van der Waals surface area contributed by atoms with Crippen LogP contribution in [0.3, 0.4) is 0 Å². The predicted molar refractivity (Wildman–Crippen MR) is 108 cm³/mol. The zero-order valence-corrected chi connectivity index (χ0v) is 17.0. The van der Waals surface area contributed by atoms with Gasteiger partial charge < -0.3 is 9.80 Å². The van der Waals surface area contributed by atoms with E-state index >= 15 is 0 Å². The van der Waals surface area contributed by atoms with Crippen LogP contribution < -0.4 is 0 Å². The lowest BCUT2D eigenvalue weighted by Crippen LogP contribution is -2.56. The van der Waals surface area contributed by atoms with E-state index in [0.29, 0.717) is 0 Å². The van der Waals surface area contributed by atoms with E-state index in [9.17, 15) is 9.59 Å². The third kappa shape index (κ3) is 4.09. The number of amides is 1. The number of likely N-dealkylation sites (tertiary alicyclic amines) is 1. The van der Waals surface area contributed by atoms with Gasteiger partial charge in [0.1, 0.15) is 5.78 Å². The first-order valence-electron chi connectivity index (χ1n) is 10.3. The van der Waals surface area contributed by atoms with Crippen molar-refractivity contribution in [2.75, 3.05) is 45.8 Å². The number of piperazine rings is 1. The zero-order valence-electron chi connectivity index (χ0n) is 17.0. The molecule has 1 aromatic carbocycles. The summed E-state index contributed by atoms with van der Waals surface area (Å²) in [6.07, 6.45) is 1.57. The molecular formula is C22H33N3O2. The van der Waals surface area contributed by atoms with E-state index in [4.69, 9.17) is 0 Å². The maximum atomic E-state index is 13.0. The van der Waals surface area contributed by atoms with E-state index in [1.807, 2.05) is 30.0 Å². The number of piperidine rings is 1. The zero-order chi connectivity index (χ0) is 19.4. The van der Waals surface area contributed by atoms with Crippen LogP contribution in [0.15, 0.2) is 30.3 Å². The summed E-state index contributed by atoms with van der Waals surface area (Å²) in [5, 5.41) is 0. The molecule has 2 heterocycles. The molecule has 5 nitrogen and oxygen atoms in total. The second-order valence-electron chi connectivity index (χ2n) is 7.98. The first-order valence-corrected chi connectivity index (χ1v) is 10.3. The molecule has 0 spiro atoms. The Labute approximate surface area is 163 Å². The van der Waals surface area contributed by atoms with Crippen LogP contribution in [0.2, 0.25) is 0 Å². The van der Waals surface area contributed by atoms with Gasteiger partial charge in [-0.25, -0.2) is 0 Å². The van der Waals surface area contributed by atoms with Gasteiger partial charge >= 0.3 is 0 Å². The number of carbonyl (C=O) groups is 2. The molecule has 0 saturated carbocycles. The van der Waals surface area contributed by atoms with Crippen LogP contribution in [0.4, 0.5) is 0 Å². The number of ketones is 1. The molecular weight excluding hydrogens is 338 g/mol. The van der Waals surface area contributed by atoms with Gasteiger partial charge in [-0.3, -0.25) is 14.5 Å². The third-order valence-electron chi connectivity index (χ3n) is 6.69. The molecule has 0 N–H and O–H groups in total. The van der Waals surface area contributed by atoms with Gasteiger partial charge in [0.05, 0.1) is 11.5 Å². The summed E-state index contributed by atoms with van der Waals surface area (Å²) < 4.78 is 0. The molecule has 148 valence electrons. The number of likely N-dealkylation sites (N-methyl/N-ethyl adjacent to an activating group) is 1. The molecule has 0 bridgehead atoms. The van der Waals surface area contributed by atoms with Crippen molar-refractivity contribution in [3.8, 4) is 0 Å². The highest BCUT2D eigenvalue weighted by molar-refractivity contribution is 5.88. The number of benzene rings is 1. The van der Waals surface area contributed by atoms with Gasteiger partial charge in [-0.15, -0.1) is 0 Å². The largest absolute Gasteiger partial charge is 0.339 e. The summed E-state index contributed by atoms with van der Waals surface area (Å²) in [6, 6.07) is 10.0. The molecule has 1 amide bonds. The predicted octanol–water partition coefficient (Wildman–Crippen LogP) is 2.16. The fraction of sp³-hybridized carbons (Fsp3) is 0.636. The highest BCUT2D eigenvalue weighted by atomic mass is 16.2. The second-order valence-corrected chi connectivity index (χ2v) is 7.98.